The number of fused-ring (bicyclic) bond motifs is 1. The van der Waals surface area contributed by atoms with Gasteiger partial charge in [-0.3, -0.25) is 4.52 Å². The van der Waals surface area contributed by atoms with E-state index in [4.69, 9.17) is 29.0 Å². The van der Waals surface area contributed by atoms with Gasteiger partial charge >= 0.3 is 7.75 Å². The lowest BCUT2D eigenvalue weighted by atomic mass is 9.99. The first kappa shape index (κ1) is 28.3. The Balaban J connectivity index is 1.44. The standard InChI is InChI=1S/C24H37N6O7P/c1-3-4-12-34-16-27-38(32,37-18-8-6-5-7-9-18)35-14-19-13-17(10-11-31)23(36-19)30-15-26-20-21(30)28-24(25)29-22(20)33-2/h5-9,17,19,23,26,31H,3-4,10-16H2,1-2H3,(H,27,32)(H2,25,28,29). The third-order valence-corrected chi connectivity index (χ3v) is 7.73. The van der Waals surface area contributed by atoms with E-state index in [0.717, 1.165) is 12.8 Å². The van der Waals surface area contributed by atoms with E-state index in [-0.39, 0.29) is 31.8 Å². The Bertz CT molecular complexity index is 1080. The fourth-order valence-corrected chi connectivity index (χ4v) is 5.65. The van der Waals surface area contributed by atoms with Gasteiger partial charge in [0.15, 0.2) is 5.82 Å². The molecule has 38 heavy (non-hydrogen) atoms. The lowest BCUT2D eigenvalue weighted by Gasteiger charge is -2.29. The van der Waals surface area contributed by atoms with Crippen LogP contribution in [0.4, 0.5) is 17.5 Å². The molecule has 0 spiro atoms. The lowest BCUT2D eigenvalue weighted by Crippen LogP contribution is -2.40. The molecule has 0 amide bonds. The molecular weight excluding hydrogens is 515 g/mol. The van der Waals surface area contributed by atoms with Crippen LogP contribution < -0.4 is 30.3 Å². The highest BCUT2D eigenvalue weighted by Gasteiger charge is 2.43. The van der Waals surface area contributed by atoms with Crippen molar-refractivity contribution in [2.24, 2.45) is 5.92 Å². The van der Waals surface area contributed by atoms with Crippen LogP contribution in [0.5, 0.6) is 11.6 Å². The van der Waals surface area contributed by atoms with Crippen molar-refractivity contribution in [1.82, 2.24) is 15.1 Å². The number of nitrogens with one attached hydrogen (secondary N) is 2. The second kappa shape index (κ2) is 13.4. The van der Waals surface area contributed by atoms with Gasteiger partial charge in [0.25, 0.3) is 0 Å². The SMILES string of the molecule is CCCCOCNP(=O)(OCC1CC(CCO)C(N2CNc3c(OC)nc(N)nc32)O1)Oc1ccccc1. The van der Waals surface area contributed by atoms with Gasteiger partial charge in [-0.05, 0) is 31.4 Å². The van der Waals surface area contributed by atoms with Crippen molar-refractivity contribution in [3.8, 4) is 11.6 Å². The van der Waals surface area contributed by atoms with E-state index in [0.29, 0.717) is 49.3 Å². The number of aliphatic hydroxyl groups is 1. The molecule has 5 N–H and O–H groups in total. The van der Waals surface area contributed by atoms with Gasteiger partial charge in [-0.2, -0.15) is 15.1 Å². The van der Waals surface area contributed by atoms with Crippen molar-refractivity contribution in [3.63, 3.8) is 0 Å². The van der Waals surface area contributed by atoms with Crippen molar-refractivity contribution < 1.29 is 32.9 Å². The molecule has 0 radical (unpaired) electrons. The summed E-state index contributed by atoms with van der Waals surface area (Å²) in [6, 6.07) is 8.82. The molecular formula is C24H37N6O7P. The molecule has 13 nitrogen and oxygen atoms in total. The molecule has 4 unspecified atom stereocenters. The van der Waals surface area contributed by atoms with E-state index in [9.17, 15) is 9.67 Å². The Kier molecular flexibility index (Phi) is 10.0. The predicted molar refractivity (Wildman–Crippen MR) is 142 cm³/mol. The minimum absolute atomic E-state index is 0.00622. The van der Waals surface area contributed by atoms with Crippen molar-refractivity contribution in [2.45, 2.75) is 44.9 Å². The number of benzene rings is 1. The summed E-state index contributed by atoms with van der Waals surface area (Å²) in [4.78, 5) is 10.4. The first-order valence-electron chi connectivity index (χ1n) is 12.8. The molecule has 14 heteroatoms. The molecule has 2 aliphatic heterocycles. The molecule has 4 atom stereocenters. The van der Waals surface area contributed by atoms with Crippen molar-refractivity contribution in [2.75, 3.05) is 56.3 Å². The van der Waals surface area contributed by atoms with E-state index in [1.165, 1.54) is 7.11 Å². The van der Waals surface area contributed by atoms with Gasteiger partial charge in [0.05, 0.1) is 26.5 Å². The van der Waals surface area contributed by atoms with Gasteiger partial charge in [-0.1, -0.05) is 31.5 Å². The number of nitrogen functional groups attached to an aromatic ring is 1. The van der Waals surface area contributed by atoms with Crippen molar-refractivity contribution >= 4 is 25.2 Å². The number of methoxy groups -OCH3 is 1. The van der Waals surface area contributed by atoms with E-state index < -0.39 is 20.1 Å². The Morgan fingerprint density at radius 1 is 1.32 bits per heavy atom. The van der Waals surface area contributed by atoms with Crippen LogP contribution in [0.2, 0.25) is 0 Å². The second-order valence-electron chi connectivity index (χ2n) is 9.01. The zero-order chi connectivity index (χ0) is 27.0. The molecule has 3 heterocycles. The molecule has 1 saturated heterocycles. The van der Waals surface area contributed by atoms with Crippen LogP contribution in [0.15, 0.2) is 30.3 Å². The van der Waals surface area contributed by atoms with Crippen molar-refractivity contribution in [1.29, 1.82) is 0 Å². The number of aromatic nitrogens is 2. The molecule has 1 aromatic carbocycles. The number of nitrogens with two attached hydrogens (primary N) is 1. The predicted octanol–water partition coefficient (Wildman–Crippen LogP) is 2.94. The summed E-state index contributed by atoms with van der Waals surface area (Å²) in [6.45, 7) is 3.02. The number of rotatable bonds is 15. The minimum atomic E-state index is -3.78. The molecule has 0 bridgehead atoms. The van der Waals surface area contributed by atoms with Crippen LogP contribution in [0, 0.1) is 5.92 Å². The van der Waals surface area contributed by atoms with Gasteiger partial charge < -0.3 is 39.8 Å². The zero-order valence-corrected chi connectivity index (χ0v) is 22.6. The summed E-state index contributed by atoms with van der Waals surface area (Å²) in [6.07, 6.45) is 2.14. The number of hydrogen-bond acceptors (Lipinski definition) is 12. The molecule has 0 aliphatic carbocycles. The number of nitrogens with zero attached hydrogens (tertiary/aromatic N) is 3. The van der Waals surface area contributed by atoms with E-state index >= 15 is 0 Å². The molecule has 4 rings (SSSR count). The van der Waals surface area contributed by atoms with Crippen molar-refractivity contribution in [3.05, 3.63) is 30.3 Å². The topological polar surface area (TPSA) is 163 Å². The Labute approximate surface area is 222 Å². The minimum Gasteiger partial charge on any atom is -0.479 e. The van der Waals surface area contributed by atoms with Crippen LogP contribution in [-0.4, -0.2) is 67.7 Å². The number of unbranched alkanes of at least 4 members (excludes halogenated alkanes) is 1. The molecule has 1 fully saturated rings. The smallest absolute Gasteiger partial charge is 0.460 e. The normalized spacial score (nSPS) is 22.1. The molecule has 1 aromatic heterocycles. The average molecular weight is 553 g/mol. The first-order valence-corrected chi connectivity index (χ1v) is 14.3. The number of hydrogen-bond donors (Lipinski definition) is 4. The molecule has 0 saturated carbocycles. The zero-order valence-electron chi connectivity index (χ0n) is 21.7. The van der Waals surface area contributed by atoms with E-state index in [1.807, 2.05) is 11.0 Å². The fraction of sp³-hybridized carbons (Fsp3) is 0.583. The summed E-state index contributed by atoms with van der Waals surface area (Å²) in [7, 11) is -2.26. The maximum Gasteiger partial charge on any atom is 0.460 e. The molecule has 2 aliphatic rings. The Hall–Kier alpha value is -2.67. The highest BCUT2D eigenvalue weighted by atomic mass is 31.2. The monoisotopic (exact) mass is 552 g/mol. The first-order chi connectivity index (χ1) is 18.5. The number of anilines is 3. The largest absolute Gasteiger partial charge is 0.479 e. The molecule has 2 aromatic rings. The quantitative estimate of drug-likeness (QED) is 0.145. The summed E-state index contributed by atoms with van der Waals surface area (Å²) in [5, 5.41) is 15.7. The van der Waals surface area contributed by atoms with Gasteiger partial charge in [0.2, 0.25) is 11.8 Å². The highest BCUT2D eigenvalue weighted by molar-refractivity contribution is 7.52. The van der Waals surface area contributed by atoms with Crippen LogP contribution >= 0.6 is 7.75 Å². The van der Waals surface area contributed by atoms with Crippen LogP contribution in [0.3, 0.4) is 0 Å². The van der Waals surface area contributed by atoms with Crippen LogP contribution in [0.25, 0.3) is 0 Å². The Morgan fingerprint density at radius 3 is 2.87 bits per heavy atom. The third kappa shape index (κ3) is 7.04. The van der Waals surface area contributed by atoms with E-state index in [1.54, 1.807) is 24.3 Å². The number of aliphatic hydroxyl groups excluding tert-OH is 1. The fourth-order valence-electron chi connectivity index (χ4n) is 4.43. The number of ether oxygens (including phenoxy) is 3. The van der Waals surface area contributed by atoms with Gasteiger partial charge in [0.1, 0.15) is 24.4 Å². The summed E-state index contributed by atoms with van der Waals surface area (Å²) in [5.41, 5.74) is 6.52. The average Bonchev–Trinajstić information content (AvgIpc) is 3.51. The highest BCUT2D eigenvalue weighted by Crippen LogP contribution is 2.46. The lowest BCUT2D eigenvalue weighted by molar-refractivity contribution is 0.00554. The Morgan fingerprint density at radius 2 is 2.13 bits per heavy atom. The third-order valence-electron chi connectivity index (χ3n) is 6.28. The number of para-hydroxylation sites is 1. The summed E-state index contributed by atoms with van der Waals surface area (Å²) in [5.74, 6) is 1.36. The van der Waals surface area contributed by atoms with Gasteiger partial charge in [0, 0.05) is 19.1 Å². The second-order valence-corrected chi connectivity index (χ2v) is 10.8. The molecule has 210 valence electrons. The van der Waals surface area contributed by atoms with Gasteiger partial charge in [-0.25, -0.2) is 4.57 Å². The van der Waals surface area contributed by atoms with Crippen LogP contribution in [0.1, 0.15) is 32.6 Å². The summed E-state index contributed by atoms with van der Waals surface area (Å²) < 4.78 is 42.4. The maximum absolute atomic E-state index is 13.6. The van der Waals surface area contributed by atoms with Gasteiger partial charge in [-0.15, -0.1) is 0 Å². The van der Waals surface area contributed by atoms with Crippen LogP contribution in [-0.2, 0) is 18.6 Å². The van der Waals surface area contributed by atoms with E-state index in [2.05, 4.69) is 27.3 Å². The maximum atomic E-state index is 13.6. The summed E-state index contributed by atoms with van der Waals surface area (Å²) >= 11 is 0.